The van der Waals surface area contributed by atoms with Crippen LogP contribution >= 0.6 is 0 Å². The van der Waals surface area contributed by atoms with Gasteiger partial charge in [0.25, 0.3) is 0 Å². The first kappa shape index (κ1) is 18.3. The van der Waals surface area contributed by atoms with Crippen molar-refractivity contribution in [3.8, 4) is 6.07 Å². The van der Waals surface area contributed by atoms with Gasteiger partial charge in [0.2, 0.25) is 0 Å². The van der Waals surface area contributed by atoms with E-state index in [4.69, 9.17) is 4.74 Å². The summed E-state index contributed by atoms with van der Waals surface area (Å²) in [4.78, 5) is 21.0. The van der Waals surface area contributed by atoms with Crippen LogP contribution in [0.3, 0.4) is 0 Å². The molecule has 3 heterocycles. The first-order chi connectivity index (χ1) is 14.0. The number of nitrogens with zero attached hydrogens (tertiary/aromatic N) is 5. The maximum atomic E-state index is 12.3. The summed E-state index contributed by atoms with van der Waals surface area (Å²) < 4.78 is 8.64. The summed E-state index contributed by atoms with van der Waals surface area (Å²) in [6.45, 7) is 1.44. The van der Waals surface area contributed by atoms with E-state index in [0.29, 0.717) is 17.0 Å². The predicted molar refractivity (Wildman–Crippen MR) is 106 cm³/mol. The van der Waals surface area contributed by atoms with Gasteiger partial charge in [0.1, 0.15) is 23.9 Å². The van der Waals surface area contributed by atoms with E-state index in [2.05, 4.69) is 9.97 Å². The number of carbonyl (C=O) groups excluding carboxylic acids is 1. The van der Waals surface area contributed by atoms with Crippen molar-refractivity contribution in [3.63, 3.8) is 0 Å². The molecule has 1 aromatic carbocycles. The number of aliphatic hydroxyl groups excluding tert-OH is 1. The summed E-state index contributed by atoms with van der Waals surface area (Å²) in [5.41, 5.74) is 3.12. The minimum Gasteiger partial charge on any atom is -0.507 e. The van der Waals surface area contributed by atoms with Gasteiger partial charge in [-0.15, -0.1) is 0 Å². The van der Waals surface area contributed by atoms with E-state index in [0.717, 1.165) is 11.2 Å². The Hall–Kier alpha value is -4.12. The smallest absolute Gasteiger partial charge is 0.359 e. The van der Waals surface area contributed by atoms with Gasteiger partial charge in [-0.25, -0.2) is 14.8 Å². The Morgan fingerprint density at radius 1 is 1.21 bits per heavy atom. The van der Waals surface area contributed by atoms with Crippen molar-refractivity contribution in [2.24, 2.45) is 7.05 Å². The lowest BCUT2D eigenvalue weighted by Gasteiger charge is -2.06. The van der Waals surface area contributed by atoms with Gasteiger partial charge in [0.15, 0.2) is 17.3 Å². The van der Waals surface area contributed by atoms with Crippen molar-refractivity contribution in [1.29, 1.82) is 5.26 Å². The molecule has 0 spiro atoms. The molecular formula is C21H17N5O3. The van der Waals surface area contributed by atoms with Gasteiger partial charge >= 0.3 is 5.97 Å². The minimum absolute atomic E-state index is 0.0534. The molecule has 0 aliphatic carbocycles. The minimum atomic E-state index is -0.693. The average molecular weight is 387 g/mol. The number of hydrogen-bond acceptors (Lipinski definition) is 6. The molecule has 1 N–H and O–H groups in total. The first-order valence-electron chi connectivity index (χ1n) is 8.85. The van der Waals surface area contributed by atoms with Crippen LogP contribution in [0.1, 0.15) is 22.0 Å². The third-order valence-corrected chi connectivity index (χ3v) is 4.66. The number of aliphatic hydroxyl groups is 1. The Balaban J connectivity index is 1.59. The molecule has 29 heavy (non-hydrogen) atoms. The highest BCUT2D eigenvalue weighted by Crippen LogP contribution is 2.22. The molecule has 0 bridgehead atoms. The zero-order valence-electron chi connectivity index (χ0n) is 15.8. The second-order valence-electron chi connectivity index (χ2n) is 6.51. The highest BCUT2D eigenvalue weighted by atomic mass is 16.5. The summed E-state index contributed by atoms with van der Waals surface area (Å²) in [7, 11) is 1.75. The summed E-state index contributed by atoms with van der Waals surface area (Å²) in [5, 5.41) is 19.9. The molecule has 0 saturated carbocycles. The number of imidazole rings is 2. The van der Waals surface area contributed by atoms with E-state index < -0.39 is 12.6 Å². The highest BCUT2D eigenvalue weighted by molar-refractivity contribution is 5.88. The number of pyridine rings is 1. The number of benzene rings is 1. The second kappa shape index (κ2) is 7.13. The van der Waals surface area contributed by atoms with Gasteiger partial charge in [0, 0.05) is 18.9 Å². The van der Waals surface area contributed by atoms with Crippen LogP contribution in [0.15, 0.2) is 54.4 Å². The van der Waals surface area contributed by atoms with Crippen LogP contribution in [0.5, 0.6) is 0 Å². The molecule has 4 aromatic rings. The maximum absolute atomic E-state index is 12.3. The predicted octanol–water partition coefficient (Wildman–Crippen LogP) is 3.18. The number of rotatable bonds is 4. The summed E-state index contributed by atoms with van der Waals surface area (Å²) in [6, 6.07) is 14.9. The average Bonchev–Trinajstić information content (AvgIpc) is 3.30. The van der Waals surface area contributed by atoms with Gasteiger partial charge in [-0.1, -0.05) is 18.2 Å². The second-order valence-corrected chi connectivity index (χ2v) is 6.51. The van der Waals surface area contributed by atoms with Gasteiger partial charge < -0.3 is 18.8 Å². The number of esters is 1. The fourth-order valence-corrected chi connectivity index (χ4v) is 3.14. The number of aromatic nitrogens is 4. The number of fused-ring (bicyclic) bond motifs is 2. The van der Waals surface area contributed by atoms with Gasteiger partial charge in [0.05, 0.1) is 11.0 Å². The molecule has 0 aliphatic heterocycles. The largest absolute Gasteiger partial charge is 0.507 e. The standard InChI is InChI=1S/C21H17N5O3/c1-13-6-5-9-19-23-16(11-26(13)19)21(28)29-12-18(27)14(10-22)20-24-15-7-3-4-8-17(15)25(20)2/h3-9,11,27H,12H2,1-2H3/b18-14-. The SMILES string of the molecule is Cc1cccc2nc(C(=O)OC/C(O)=C(\C#N)c3nc4ccccc4n3C)cn12. The molecule has 8 heteroatoms. The van der Waals surface area contributed by atoms with Crippen LogP contribution < -0.4 is 0 Å². The lowest BCUT2D eigenvalue weighted by atomic mass is 10.2. The van der Waals surface area contributed by atoms with Crippen LogP contribution in [0.4, 0.5) is 0 Å². The Morgan fingerprint density at radius 2 is 2.00 bits per heavy atom. The van der Waals surface area contributed by atoms with Crippen LogP contribution in [0.2, 0.25) is 0 Å². The van der Waals surface area contributed by atoms with E-state index >= 15 is 0 Å². The summed E-state index contributed by atoms with van der Waals surface area (Å²) in [6.07, 6.45) is 1.57. The van der Waals surface area contributed by atoms with Crippen LogP contribution in [-0.2, 0) is 11.8 Å². The molecular weight excluding hydrogens is 370 g/mol. The first-order valence-corrected chi connectivity index (χ1v) is 8.85. The number of aryl methyl sites for hydroxylation is 2. The molecule has 0 amide bonds. The summed E-state index contributed by atoms with van der Waals surface area (Å²) >= 11 is 0. The lowest BCUT2D eigenvalue weighted by Crippen LogP contribution is -2.10. The molecule has 0 fully saturated rings. The third-order valence-electron chi connectivity index (χ3n) is 4.66. The molecule has 0 atom stereocenters. The quantitative estimate of drug-likeness (QED) is 0.328. The highest BCUT2D eigenvalue weighted by Gasteiger charge is 2.19. The van der Waals surface area contributed by atoms with Crippen molar-refractivity contribution in [2.75, 3.05) is 6.61 Å². The van der Waals surface area contributed by atoms with Crippen molar-refractivity contribution in [3.05, 3.63) is 71.6 Å². The number of nitriles is 1. The fourth-order valence-electron chi connectivity index (χ4n) is 3.14. The number of allylic oxidation sites excluding steroid dienone is 1. The zero-order chi connectivity index (χ0) is 20.5. The fraction of sp³-hybridized carbons (Fsp3) is 0.143. The number of carbonyl (C=O) groups is 1. The molecule has 0 radical (unpaired) electrons. The van der Waals surface area contributed by atoms with Crippen LogP contribution in [0.25, 0.3) is 22.3 Å². The Kier molecular flexibility index (Phi) is 4.49. The van der Waals surface area contributed by atoms with E-state index in [9.17, 15) is 15.2 Å². The molecule has 0 aliphatic rings. The summed E-state index contributed by atoms with van der Waals surface area (Å²) in [5.74, 6) is -0.772. The zero-order valence-corrected chi connectivity index (χ0v) is 15.8. The van der Waals surface area contributed by atoms with E-state index in [1.165, 1.54) is 0 Å². The van der Waals surface area contributed by atoms with Crippen molar-refractivity contribution in [2.45, 2.75) is 6.92 Å². The van der Waals surface area contributed by atoms with Crippen molar-refractivity contribution in [1.82, 2.24) is 18.9 Å². The van der Waals surface area contributed by atoms with Crippen molar-refractivity contribution < 1.29 is 14.6 Å². The lowest BCUT2D eigenvalue weighted by molar-refractivity contribution is 0.0496. The Bertz CT molecular complexity index is 1320. The number of para-hydroxylation sites is 2. The van der Waals surface area contributed by atoms with E-state index in [1.807, 2.05) is 49.4 Å². The molecule has 3 aromatic heterocycles. The molecule has 144 valence electrons. The molecule has 0 saturated heterocycles. The van der Waals surface area contributed by atoms with Gasteiger partial charge in [-0.2, -0.15) is 5.26 Å². The van der Waals surface area contributed by atoms with E-state index in [1.54, 1.807) is 28.3 Å². The van der Waals surface area contributed by atoms with Gasteiger partial charge in [-0.3, -0.25) is 0 Å². The Labute approximate surface area is 165 Å². The molecule has 4 rings (SSSR count). The monoisotopic (exact) mass is 387 g/mol. The van der Waals surface area contributed by atoms with E-state index in [-0.39, 0.29) is 17.0 Å². The Morgan fingerprint density at radius 3 is 2.72 bits per heavy atom. The third kappa shape index (κ3) is 3.19. The van der Waals surface area contributed by atoms with Crippen LogP contribution in [-0.4, -0.2) is 36.6 Å². The number of ether oxygens (including phenoxy) is 1. The molecule has 0 unspecified atom stereocenters. The van der Waals surface area contributed by atoms with Crippen molar-refractivity contribution >= 4 is 28.2 Å². The van der Waals surface area contributed by atoms with Crippen LogP contribution in [0, 0.1) is 18.3 Å². The topological polar surface area (TPSA) is 105 Å². The maximum Gasteiger partial charge on any atom is 0.359 e. The molecule has 8 nitrogen and oxygen atoms in total. The normalized spacial score (nSPS) is 12.0. The van der Waals surface area contributed by atoms with Gasteiger partial charge in [-0.05, 0) is 31.2 Å². The number of hydrogen-bond donors (Lipinski definition) is 1.